The van der Waals surface area contributed by atoms with Crippen molar-refractivity contribution in [1.82, 2.24) is 4.90 Å². The number of likely N-dealkylation sites (tertiary alicyclic amines) is 1. The molecule has 0 radical (unpaired) electrons. The summed E-state index contributed by atoms with van der Waals surface area (Å²) in [4.78, 5) is 39.4. The molecule has 1 aliphatic heterocycles. The number of benzene rings is 2. The lowest BCUT2D eigenvalue weighted by Gasteiger charge is -2.31. The Morgan fingerprint density at radius 3 is 2.52 bits per heavy atom. The topological polar surface area (TPSA) is 84.9 Å². The number of para-hydroxylation sites is 2. The molecular weight excluding hydrogens is 396 g/mol. The lowest BCUT2D eigenvalue weighted by Crippen LogP contribution is -2.42. The van der Waals surface area contributed by atoms with Crippen LogP contribution in [-0.2, 0) is 19.1 Å². The molecule has 2 atom stereocenters. The van der Waals surface area contributed by atoms with E-state index in [2.05, 4.69) is 5.32 Å². The quantitative estimate of drug-likeness (QED) is 0.687. The molecule has 3 rings (SSSR count). The van der Waals surface area contributed by atoms with E-state index in [-0.39, 0.29) is 5.91 Å². The molecule has 1 N–H and O–H groups in total. The highest BCUT2D eigenvalue weighted by atomic mass is 16.5. The number of rotatable bonds is 7. The average Bonchev–Trinajstić information content (AvgIpc) is 2.79. The zero-order chi connectivity index (χ0) is 22.2. The van der Waals surface area contributed by atoms with Gasteiger partial charge in [0.15, 0.2) is 0 Å². The summed E-state index contributed by atoms with van der Waals surface area (Å²) in [6.07, 6.45) is 0.235. The van der Waals surface area contributed by atoms with Gasteiger partial charge < -0.3 is 19.7 Å². The van der Waals surface area contributed by atoms with Crippen molar-refractivity contribution in [3.8, 4) is 5.75 Å². The molecule has 1 fully saturated rings. The maximum atomic E-state index is 13.2. The number of nitrogens with one attached hydrogen (secondary N) is 1. The van der Waals surface area contributed by atoms with Crippen LogP contribution < -0.4 is 10.1 Å². The number of carbonyl (C=O) groups excluding carboxylic acids is 3. The predicted molar refractivity (Wildman–Crippen MR) is 116 cm³/mol. The number of esters is 1. The average molecular weight is 424 g/mol. The number of hydrogen-bond donors (Lipinski definition) is 1. The van der Waals surface area contributed by atoms with Crippen LogP contribution in [0.2, 0.25) is 0 Å². The van der Waals surface area contributed by atoms with Crippen LogP contribution in [-0.4, -0.2) is 42.4 Å². The minimum absolute atomic E-state index is 0.0672. The van der Waals surface area contributed by atoms with Crippen LogP contribution in [0.3, 0.4) is 0 Å². The van der Waals surface area contributed by atoms with Gasteiger partial charge >= 0.3 is 5.97 Å². The second-order valence-electron chi connectivity index (χ2n) is 7.45. The second-order valence-corrected chi connectivity index (χ2v) is 7.45. The SMILES string of the molecule is CCOc1ccccc1NC(=O)[C@@H](OC(=O)[C@H]1CCCN(C(C)=O)C1)c1ccccc1. The summed E-state index contributed by atoms with van der Waals surface area (Å²) in [5.41, 5.74) is 1.08. The van der Waals surface area contributed by atoms with Crippen molar-refractivity contribution in [3.05, 3.63) is 60.2 Å². The lowest BCUT2D eigenvalue weighted by molar-refractivity contribution is -0.161. The van der Waals surface area contributed by atoms with Crippen LogP contribution in [0.4, 0.5) is 5.69 Å². The van der Waals surface area contributed by atoms with Crippen molar-refractivity contribution in [2.45, 2.75) is 32.8 Å². The molecule has 2 aromatic rings. The predicted octanol–water partition coefficient (Wildman–Crippen LogP) is 3.57. The molecule has 0 bridgehead atoms. The van der Waals surface area contributed by atoms with Crippen LogP contribution in [0.15, 0.2) is 54.6 Å². The number of ether oxygens (including phenoxy) is 2. The maximum Gasteiger partial charge on any atom is 0.311 e. The monoisotopic (exact) mass is 424 g/mol. The third kappa shape index (κ3) is 5.84. The van der Waals surface area contributed by atoms with Crippen molar-refractivity contribution < 1.29 is 23.9 Å². The van der Waals surface area contributed by atoms with Crippen molar-refractivity contribution in [2.24, 2.45) is 5.92 Å². The summed E-state index contributed by atoms with van der Waals surface area (Å²) in [6, 6.07) is 16.0. The Labute approximate surface area is 182 Å². The number of nitrogens with zero attached hydrogens (tertiary/aromatic N) is 1. The number of carbonyl (C=O) groups is 3. The molecule has 2 amide bonds. The van der Waals surface area contributed by atoms with E-state index < -0.39 is 23.9 Å². The number of amides is 2. The fraction of sp³-hybridized carbons (Fsp3) is 0.375. The fourth-order valence-corrected chi connectivity index (χ4v) is 3.62. The van der Waals surface area contributed by atoms with Gasteiger partial charge in [-0.05, 0) is 31.9 Å². The Morgan fingerprint density at radius 1 is 1.10 bits per heavy atom. The van der Waals surface area contributed by atoms with E-state index in [4.69, 9.17) is 9.47 Å². The normalized spacial score (nSPS) is 16.8. The molecule has 1 aliphatic rings. The van der Waals surface area contributed by atoms with Gasteiger partial charge in [0.05, 0.1) is 18.2 Å². The summed E-state index contributed by atoms with van der Waals surface area (Å²) in [5, 5.41) is 2.82. The van der Waals surface area contributed by atoms with Gasteiger partial charge in [0, 0.05) is 25.6 Å². The van der Waals surface area contributed by atoms with Crippen LogP contribution in [0, 0.1) is 5.92 Å². The molecule has 1 saturated heterocycles. The van der Waals surface area contributed by atoms with E-state index in [1.54, 1.807) is 47.4 Å². The largest absolute Gasteiger partial charge is 0.492 e. The molecule has 0 spiro atoms. The summed E-state index contributed by atoms with van der Waals surface area (Å²) in [7, 11) is 0. The Bertz CT molecular complexity index is 915. The van der Waals surface area contributed by atoms with E-state index in [1.807, 2.05) is 19.1 Å². The zero-order valence-corrected chi connectivity index (χ0v) is 17.9. The van der Waals surface area contributed by atoms with E-state index in [9.17, 15) is 14.4 Å². The Balaban J connectivity index is 1.78. The number of anilines is 1. The van der Waals surface area contributed by atoms with Crippen molar-refractivity contribution >= 4 is 23.5 Å². The van der Waals surface area contributed by atoms with Gasteiger partial charge in [0.25, 0.3) is 5.91 Å². The third-order valence-electron chi connectivity index (χ3n) is 5.22. The van der Waals surface area contributed by atoms with Gasteiger partial charge in [0.2, 0.25) is 12.0 Å². The van der Waals surface area contributed by atoms with Gasteiger partial charge in [-0.1, -0.05) is 42.5 Å². The third-order valence-corrected chi connectivity index (χ3v) is 5.22. The van der Waals surface area contributed by atoms with Crippen molar-refractivity contribution in [1.29, 1.82) is 0 Å². The molecule has 0 unspecified atom stereocenters. The highest BCUT2D eigenvalue weighted by molar-refractivity contribution is 5.97. The molecular formula is C24H28N2O5. The maximum absolute atomic E-state index is 13.2. The molecule has 0 aromatic heterocycles. The van der Waals surface area contributed by atoms with Crippen LogP contribution in [0.5, 0.6) is 5.75 Å². The lowest BCUT2D eigenvalue weighted by atomic mass is 9.98. The van der Waals surface area contributed by atoms with Crippen molar-refractivity contribution in [3.63, 3.8) is 0 Å². The zero-order valence-electron chi connectivity index (χ0n) is 17.9. The molecule has 7 nitrogen and oxygen atoms in total. The van der Waals surface area contributed by atoms with Crippen LogP contribution >= 0.6 is 0 Å². The van der Waals surface area contributed by atoms with Gasteiger partial charge in [-0.15, -0.1) is 0 Å². The van der Waals surface area contributed by atoms with E-state index >= 15 is 0 Å². The summed E-state index contributed by atoms with van der Waals surface area (Å²) >= 11 is 0. The van der Waals surface area contributed by atoms with Gasteiger partial charge in [-0.3, -0.25) is 14.4 Å². The standard InChI is InChI=1S/C24H28N2O5/c1-3-30-21-14-8-7-13-20(21)25-23(28)22(18-10-5-4-6-11-18)31-24(29)19-12-9-15-26(16-19)17(2)27/h4-8,10-11,13-14,19,22H,3,9,12,15-16H2,1-2H3,(H,25,28)/t19-,22-/m0/s1. The highest BCUT2D eigenvalue weighted by Crippen LogP contribution is 2.28. The second kappa shape index (κ2) is 10.6. The highest BCUT2D eigenvalue weighted by Gasteiger charge is 2.33. The molecule has 31 heavy (non-hydrogen) atoms. The van der Waals surface area contributed by atoms with E-state index in [1.165, 1.54) is 6.92 Å². The smallest absolute Gasteiger partial charge is 0.311 e. The van der Waals surface area contributed by atoms with Gasteiger partial charge in [-0.25, -0.2) is 0 Å². The fourth-order valence-electron chi connectivity index (χ4n) is 3.62. The molecule has 164 valence electrons. The van der Waals surface area contributed by atoms with Crippen molar-refractivity contribution in [2.75, 3.05) is 25.0 Å². The summed E-state index contributed by atoms with van der Waals surface area (Å²) in [5.74, 6) is -0.922. The summed E-state index contributed by atoms with van der Waals surface area (Å²) in [6.45, 7) is 4.75. The first-order chi connectivity index (χ1) is 15.0. The molecule has 7 heteroatoms. The first-order valence-electron chi connectivity index (χ1n) is 10.5. The Morgan fingerprint density at radius 2 is 1.81 bits per heavy atom. The number of piperidine rings is 1. The first kappa shape index (κ1) is 22.3. The van der Waals surface area contributed by atoms with Crippen LogP contribution in [0.25, 0.3) is 0 Å². The Hall–Kier alpha value is -3.35. The van der Waals surface area contributed by atoms with Gasteiger partial charge in [-0.2, -0.15) is 0 Å². The number of hydrogen-bond acceptors (Lipinski definition) is 5. The summed E-state index contributed by atoms with van der Waals surface area (Å²) < 4.78 is 11.3. The first-order valence-corrected chi connectivity index (χ1v) is 10.5. The molecule has 0 aliphatic carbocycles. The minimum Gasteiger partial charge on any atom is -0.492 e. The van der Waals surface area contributed by atoms with E-state index in [0.717, 1.165) is 6.42 Å². The van der Waals surface area contributed by atoms with Crippen LogP contribution in [0.1, 0.15) is 38.4 Å². The van der Waals surface area contributed by atoms with Gasteiger partial charge in [0.1, 0.15) is 5.75 Å². The molecule has 1 heterocycles. The molecule has 0 saturated carbocycles. The van der Waals surface area contributed by atoms with E-state index in [0.29, 0.717) is 43.1 Å². The Kier molecular flexibility index (Phi) is 7.65. The minimum atomic E-state index is -1.11. The molecule has 2 aromatic carbocycles.